The van der Waals surface area contributed by atoms with Crippen LogP contribution in [0.5, 0.6) is 11.5 Å². The van der Waals surface area contributed by atoms with Crippen molar-refractivity contribution in [3.8, 4) is 11.5 Å². The molecule has 0 unspecified atom stereocenters. The first-order valence-corrected chi connectivity index (χ1v) is 9.83. The molecule has 0 aliphatic carbocycles. The van der Waals surface area contributed by atoms with Gasteiger partial charge in [-0.3, -0.25) is 4.79 Å². The predicted molar refractivity (Wildman–Crippen MR) is 113 cm³/mol. The number of ether oxygens (including phenoxy) is 4. The van der Waals surface area contributed by atoms with Crippen LogP contribution in [0.4, 0.5) is 5.00 Å². The summed E-state index contributed by atoms with van der Waals surface area (Å²) in [6.45, 7) is 3.27. The van der Waals surface area contributed by atoms with Gasteiger partial charge in [0.25, 0.3) is 5.91 Å². The number of aryl methyl sites for hydroxylation is 1. The fourth-order valence-corrected chi connectivity index (χ4v) is 3.37. The monoisotopic (exact) mass is 433 g/mol. The van der Waals surface area contributed by atoms with Crippen LogP contribution in [0.15, 0.2) is 30.3 Å². The minimum Gasteiger partial charge on any atom is -0.497 e. The van der Waals surface area contributed by atoms with Crippen LogP contribution in [0.3, 0.4) is 0 Å². The molecule has 2 aromatic rings. The second-order valence-electron chi connectivity index (χ2n) is 5.98. The first-order valence-electron chi connectivity index (χ1n) is 9.01. The van der Waals surface area contributed by atoms with E-state index in [4.69, 9.17) is 18.9 Å². The van der Waals surface area contributed by atoms with Gasteiger partial charge in [-0.15, -0.1) is 11.3 Å². The highest BCUT2D eigenvalue weighted by Gasteiger charge is 2.16. The third-order valence-electron chi connectivity index (χ3n) is 3.77. The Morgan fingerprint density at radius 2 is 1.70 bits per heavy atom. The molecule has 0 saturated heterocycles. The highest BCUT2D eigenvalue weighted by molar-refractivity contribution is 7.18. The van der Waals surface area contributed by atoms with Crippen LogP contribution < -0.4 is 14.8 Å². The van der Waals surface area contributed by atoms with E-state index in [2.05, 4.69) is 5.32 Å². The molecule has 0 bridgehead atoms. The molecule has 0 spiro atoms. The lowest BCUT2D eigenvalue weighted by molar-refractivity contribution is -0.142. The van der Waals surface area contributed by atoms with Crippen LogP contribution >= 0.6 is 11.3 Å². The summed E-state index contributed by atoms with van der Waals surface area (Å²) in [6.07, 6.45) is 2.73. The number of benzene rings is 1. The molecule has 1 aromatic heterocycles. The molecule has 0 fully saturated rings. The van der Waals surface area contributed by atoms with Crippen LogP contribution in [0.1, 0.15) is 27.7 Å². The summed E-state index contributed by atoms with van der Waals surface area (Å²) in [7, 11) is 3.06. The second-order valence-corrected chi connectivity index (χ2v) is 7.03. The van der Waals surface area contributed by atoms with Gasteiger partial charge in [-0.2, -0.15) is 0 Å². The fraction of sp³-hybridized carbons (Fsp3) is 0.286. The van der Waals surface area contributed by atoms with Crippen molar-refractivity contribution < 1.29 is 33.3 Å². The summed E-state index contributed by atoms with van der Waals surface area (Å²) in [5, 5.41) is 3.07. The predicted octanol–water partition coefficient (Wildman–Crippen LogP) is 3.45. The average molecular weight is 433 g/mol. The van der Waals surface area contributed by atoms with E-state index in [9.17, 15) is 14.4 Å². The maximum Gasteiger partial charge on any atom is 0.348 e. The molecule has 8 nitrogen and oxygen atoms in total. The Morgan fingerprint density at radius 3 is 2.30 bits per heavy atom. The van der Waals surface area contributed by atoms with Crippen molar-refractivity contribution in [1.82, 2.24) is 0 Å². The molecule has 1 heterocycles. The van der Waals surface area contributed by atoms with E-state index in [-0.39, 0.29) is 6.61 Å². The van der Waals surface area contributed by atoms with Gasteiger partial charge in [-0.1, -0.05) is 0 Å². The molecule has 0 atom stereocenters. The third kappa shape index (κ3) is 6.63. The number of amides is 1. The van der Waals surface area contributed by atoms with E-state index in [0.717, 1.165) is 11.3 Å². The van der Waals surface area contributed by atoms with E-state index in [0.29, 0.717) is 32.5 Å². The summed E-state index contributed by atoms with van der Waals surface area (Å²) < 4.78 is 20.2. The maximum atomic E-state index is 12.0. The lowest BCUT2D eigenvalue weighted by Gasteiger charge is -2.06. The topological polar surface area (TPSA) is 100 Å². The molecule has 2 rings (SSSR count). The van der Waals surface area contributed by atoms with Crippen LogP contribution in [0.25, 0.3) is 6.08 Å². The number of nitrogens with one attached hydrogen (secondary N) is 1. The molecule has 160 valence electrons. The van der Waals surface area contributed by atoms with E-state index in [1.807, 2.05) is 0 Å². The molecular weight excluding hydrogens is 410 g/mol. The summed E-state index contributed by atoms with van der Waals surface area (Å²) >= 11 is 1.10. The molecule has 0 aliphatic rings. The van der Waals surface area contributed by atoms with Gasteiger partial charge >= 0.3 is 11.9 Å². The SMILES string of the molecule is CCOC(=O)c1sc(NC(=O)COC(=O)C=Cc2cc(OC)cc(OC)c2)cc1C. The van der Waals surface area contributed by atoms with Crippen molar-refractivity contribution in [2.24, 2.45) is 0 Å². The van der Waals surface area contributed by atoms with E-state index < -0.39 is 24.5 Å². The van der Waals surface area contributed by atoms with Gasteiger partial charge in [0.1, 0.15) is 16.4 Å². The van der Waals surface area contributed by atoms with Gasteiger partial charge in [0.05, 0.1) is 25.8 Å². The first kappa shape index (κ1) is 23.0. The Bertz CT molecular complexity index is 927. The third-order valence-corrected chi connectivity index (χ3v) is 4.90. The molecule has 0 radical (unpaired) electrons. The average Bonchev–Trinajstić information content (AvgIpc) is 3.10. The van der Waals surface area contributed by atoms with Crippen molar-refractivity contribution in [2.45, 2.75) is 13.8 Å². The quantitative estimate of drug-likeness (QED) is 0.478. The van der Waals surface area contributed by atoms with Crippen LogP contribution in [-0.4, -0.2) is 45.3 Å². The van der Waals surface area contributed by atoms with Gasteiger partial charge in [0.15, 0.2) is 6.61 Å². The second kappa shape index (κ2) is 11.0. The number of anilines is 1. The normalized spacial score (nSPS) is 10.5. The molecule has 30 heavy (non-hydrogen) atoms. The Labute approximate surface area is 178 Å². The van der Waals surface area contributed by atoms with Crippen molar-refractivity contribution in [3.63, 3.8) is 0 Å². The van der Waals surface area contributed by atoms with Crippen molar-refractivity contribution in [1.29, 1.82) is 0 Å². The van der Waals surface area contributed by atoms with Crippen molar-refractivity contribution in [3.05, 3.63) is 46.3 Å². The standard InChI is InChI=1S/C21H23NO7S/c1-5-28-21(25)20-13(2)8-18(30-20)22-17(23)12-29-19(24)7-6-14-9-15(26-3)11-16(10-14)27-4/h6-11H,5,12H2,1-4H3,(H,22,23). The Balaban J connectivity index is 1.89. The molecule has 1 N–H and O–H groups in total. The highest BCUT2D eigenvalue weighted by Crippen LogP contribution is 2.27. The van der Waals surface area contributed by atoms with Crippen molar-refractivity contribution >= 4 is 40.3 Å². The zero-order chi connectivity index (χ0) is 22.1. The minimum atomic E-state index is -0.679. The summed E-state index contributed by atoms with van der Waals surface area (Å²) in [6, 6.07) is 6.81. The molecule has 1 amide bonds. The molecule has 0 aliphatic heterocycles. The number of carbonyl (C=O) groups excluding carboxylic acids is 3. The van der Waals surface area contributed by atoms with Gasteiger partial charge in [0.2, 0.25) is 0 Å². The number of hydrogen-bond donors (Lipinski definition) is 1. The van der Waals surface area contributed by atoms with Gasteiger partial charge < -0.3 is 24.3 Å². The largest absolute Gasteiger partial charge is 0.497 e. The molecule has 9 heteroatoms. The summed E-state index contributed by atoms with van der Waals surface area (Å²) in [5.41, 5.74) is 1.37. The summed E-state index contributed by atoms with van der Waals surface area (Å²) in [4.78, 5) is 36.2. The molecular formula is C21H23NO7S. The smallest absolute Gasteiger partial charge is 0.348 e. The number of methoxy groups -OCH3 is 2. The van der Waals surface area contributed by atoms with Gasteiger partial charge in [-0.25, -0.2) is 9.59 Å². The van der Waals surface area contributed by atoms with Crippen LogP contribution in [0, 0.1) is 6.92 Å². The zero-order valence-electron chi connectivity index (χ0n) is 17.1. The maximum absolute atomic E-state index is 12.0. The number of thiophene rings is 1. The molecule has 1 aromatic carbocycles. The lowest BCUT2D eigenvalue weighted by atomic mass is 10.2. The number of rotatable bonds is 9. The Morgan fingerprint density at radius 1 is 1.03 bits per heavy atom. The molecule has 0 saturated carbocycles. The van der Waals surface area contributed by atoms with Crippen LogP contribution in [0.2, 0.25) is 0 Å². The number of esters is 2. The zero-order valence-corrected chi connectivity index (χ0v) is 18.0. The highest BCUT2D eigenvalue weighted by atomic mass is 32.1. The fourth-order valence-electron chi connectivity index (χ4n) is 2.39. The Kier molecular flexibility index (Phi) is 8.42. The first-order chi connectivity index (χ1) is 14.4. The van der Waals surface area contributed by atoms with E-state index in [1.54, 1.807) is 38.1 Å². The number of carbonyl (C=O) groups is 3. The van der Waals surface area contributed by atoms with E-state index in [1.165, 1.54) is 26.4 Å². The van der Waals surface area contributed by atoms with Gasteiger partial charge in [-0.05, 0) is 49.2 Å². The number of hydrogen-bond acceptors (Lipinski definition) is 8. The Hall–Kier alpha value is -3.33. The lowest BCUT2D eigenvalue weighted by Crippen LogP contribution is -2.19. The minimum absolute atomic E-state index is 0.268. The van der Waals surface area contributed by atoms with Crippen molar-refractivity contribution in [2.75, 3.05) is 32.8 Å². The van der Waals surface area contributed by atoms with Crippen LogP contribution in [-0.2, 0) is 19.1 Å². The van der Waals surface area contributed by atoms with E-state index >= 15 is 0 Å². The van der Waals surface area contributed by atoms with Gasteiger partial charge in [0, 0.05) is 12.1 Å². The summed E-state index contributed by atoms with van der Waals surface area (Å²) in [5.74, 6) is -0.477.